The second kappa shape index (κ2) is 11.9. The minimum atomic E-state index is 0. The number of halogens is 1. The van der Waals surface area contributed by atoms with Crippen LogP contribution in [0.25, 0.3) is 0 Å². The predicted molar refractivity (Wildman–Crippen MR) is 127 cm³/mol. The minimum absolute atomic E-state index is 0. The molecule has 0 radical (unpaired) electrons. The van der Waals surface area contributed by atoms with Crippen LogP contribution in [-0.2, 0) is 11.3 Å². The third kappa shape index (κ3) is 10.5. The van der Waals surface area contributed by atoms with Crippen LogP contribution in [0.2, 0.25) is 0 Å². The molecular weight excluding hydrogens is 406 g/mol. The van der Waals surface area contributed by atoms with Crippen LogP contribution in [0.1, 0.15) is 46.6 Å². The molecule has 0 saturated carbocycles. The van der Waals surface area contributed by atoms with Crippen LogP contribution < -0.4 is 17.1 Å². The van der Waals surface area contributed by atoms with Crippen LogP contribution in [0.4, 0.5) is 0 Å². The van der Waals surface area contributed by atoms with Crippen molar-refractivity contribution in [3.8, 4) is 5.75 Å². The Morgan fingerprint density at radius 2 is 1.35 bits per heavy atom. The summed E-state index contributed by atoms with van der Waals surface area (Å²) in [6.45, 7) is 14.8. The molecule has 0 aliphatic carbocycles. The highest BCUT2D eigenvalue weighted by molar-refractivity contribution is 5.20. The number of nitrogens with zero attached hydrogens (tertiary/aromatic N) is 1. The largest absolute Gasteiger partial charge is 1.00 e. The first-order valence-corrected chi connectivity index (χ1v) is 11.1. The van der Waals surface area contributed by atoms with Gasteiger partial charge in [0, 0.05) is 5.56 Å². The van der Waals surface area contributed by atoms with E-state index in [1.807, 2.05) is 30.3 Å². The molecule has 0 N–H and O–H groups in total. The number of likely N-dealkylation sites (N-methyl/N-ethyl adjacent to an activating group) is 1. The molecule has 0 saturated heterocycles. The lowest BCUT2D eigenvalue weighted by Crippen LogP contribution is -3.00. The van der Waals surface area contributed by atoms with Gasteiger partial charge in [-0.15, -0.1) is 0 Å². The van der Waals surface area contributed by atoms with E-state index >= 15 is 0 Å². The highest BCUT2D eigenvalue weighted by atomic mass is 35.5. The molecule has 1 unspecified atom stereocenters. The third-order valence-corrected chi connectivity index (χ3v) is 5.39. The van der Waals surface area contributed by atoms with Gasteiger partial charge in [-0.2, -0.15) is 0 Å². The van der Waals surface area contributed by atoms with Gasteiger partial charge in [-0.1, -0.05) is 83.1 Å². The molecule has 3 nitrogen and oxygen atoms in total. The lowest BCUT2D eigenvalue weighted by molar-refractivity contribution is -0.907. The molecule has 2 aromatic carbocycles. The van der Waals surface area contributed by atoms with Gasteiger partial charge in [0.1, 0.15) is 31.5 Å². The van der Waals surface area contributed by atoms with Gasteiger partial charge in [-0.3, -0.25) is 0 Å². The van der Waals surface area contributed by atoms with Gasteiger partial charge in [0.25, 0.3) is 0 Å². The standard InChI is InChI=1S/C27H42NO2.ClH/c1-26(2,3)22-27(4,5)25(30-19-18-29-24-16-12-9-13-17-24)21-28(6,7)20-23-14-10-8-11-15-23;/h8-17,25H,18-22H2,1-7H3;1H/q+1;/p-1. The monoisotopic (exact) mass is 447 g/mol. The lowest BCUT2D eigenvalue weighted by Gasteiger charge is -2.42. The number of ether oxygens (including phenoxy) is 2. The fraction of sp³-hybridized carbons (Fsp3) is 0.556. The number of benzene rings is 2. The number of quaternary nitrogens is 1. The van der Waals surface area contributed by atoms with Gasteiger partial charge in [0.05, 0.1) is 20.7 Å². The van der Waals surface area contributed by atoms with E-state index in [1.165, 1.54) is 5.56 Å². The molecule has 0 bridgehead atoms. The van der Waals surface area contributed by atoms with E-state index in [4.69, 9.17) is 9.47 Å². The maximum Gasteiger partial charge on any atom is 0.119 e. The van der Waals surface area contributed by atoms with Crippen LogP contribution in [-0.4, -0.2) is 44.4 Å². The van der Waals surface area contributed by atoms with Gasteiger partial charge < -0.3 is 26.4 Å². The molecule has 1 atom stereocenters. The molecule has 2 rings (SSSR count). The minimum Gasteiger partial charge on any atom is -1.00 e. The Hall–Kier alpha value is -1.55. The van der Waals surface area contributed by atoms with Crippen molar-refractivity contribution in [2.24, 2.45) is 10.8 Å². The summed E-state index contributed by atoms with van der Waals surface area (Å²) in [5, 5.41) is 0. The zero-order valence-corrected chi connectivity index (χ0v) is 21.3. The van der Waals surface area contributed by atoms with Crippen molar-refractivity contribution in [1.82, 2.24) is 0 Å². The first-order chi connectivity index (χ1) is 14.0. The van der Waals surface area contributed by atoms with Crippen molar-refractivity contribution in [2.75, 3.05) is 33.9 Å². The van der Waals surface area contributed by atoms with E-state index in [0.29, 0.717) is 13.2 Å². The molecule has 0 heterocycles. The molecule has 4 heteroatoms. The van der Waals surface area contributed by atoms with E-state index in [-0.39, 0.29) is 29.3 Å². The lowest BCUT2D eigenvalue weighted by atomic mass is 9.72. The normalized spacial score (nSPS) is 13.4. The van der Waals surface area contributed by atoms with Crippen molar-refractivity contribution in [3.05, 3.63) is 66.2 Å². The van der Waals surface area contributed by atoms with Crippen LogP contribution in [0, 0.1) is 10.8 Å². The van der Waals surface area contributed by atoms with Crippen LogP contribution in [0.15, 0.2) is 60.7 Å². The van der Waals surface area contributed by atoms with Crippen molar-refractivity contribution < 1.29 is 26.4 Å². The quantitative estimate of drug-likeness (QED) is 0.389. The number of rotatable bonds is 11. The Morgan fingerprint density at radius 1 is 0.806 bits per heavy atom. The van der Waals surface area contributed by atoms with E-state index < -0.39 is 0 Å². The van der Waals surface area contributed by atoms with Crippen molar-refractivity contribution in [1.29, 1.82) is 0 Å². The maximum absolute atomic E-state index is 6.51. The zero-order valence-electron chi connectivity index (χ0n) is 20.5. The Kier molecular flexibility index (Phi) is 10.5. The molecular formula is C27H42ClNO2. The fourth-order valence-electron chi connectivity index (χ4n) is 4.46. The summed E-state index contributed by atoms with van der Waals surface area (Å²) in [5.74, 6) is 0.895. The average molecular weight is 448 g/mol. The van der Waals surface area contributed by atoms with E-state index in [0.717, 1.165) is 29.7 Å². The van der Waals surface area contributed by atoms with Gasteiger partial charge in [-0.25, -0.2) is 0 Å². The van der Waals surface area contributed by atoms with Crippen LogP contribution >= 0.6 is 0 Å². The first kappa shape index (κ1) is 27.5. The Labute approximate surface area is 196 Å². The predicted octanol–water partition coefficient (Wildman–Crippen LogP) is 3.19. The molecule has 31 heavy (non-hydrogen) atoms. The summed E-state index contributed by atoms with van der Waals surface area (Å²) in [6.07, 6.45) is 1.25. The smallest absolute Gasteiger partial charge is 0.119 e. The maximum atomic E-state index is 6.51. The van der Waals surface area contributed by atoms with Gasteiger partial charge in [0.2, 0.25) is 0 Å². The number of hydrogen-bond donors (Lipinski definition) is 0. The molecule has 174 valence electrons. The van der Waals surface area contributed by atoms with Crippen molar-refractivity contribution in [3.63, 3.8) is 0 Å². The van der Waals surface area contributed by atoms with Gasteiger partial charge >= 0.3 is 0 Å². The number of para-hydroxylation sites is 1. The highest BCUT2D eigenvalue weighted by Gasteiger charge is 2.38. The van der Waals surface area contributed by atoms with Gasteiger partial charge in [0.15, 0.2) is 0 Å². The van der Waals surface area contributed by atoms with E-state index in [2.05, 4.69) is 79.0 Å². The molecule has 2 aromatic rings. The van der Waals surface area contributed by atoms with Crippen molar-refractivity contribution >= 4 is 0 Å². The van der Waals surface area contributed by atoms with Crippen LogP contribution in [0.3, 0.4) is 0 Å². The molecule has 0 amide bonds. The molecule has 0 fully saturated rings. The van der Waals surface area contributed by atoms with Crippen molar-refractivity contribution in [2.45, 2.75) is 53.7 Å². The highest BCUT2D eigenvalue weighted by Crippen LogP contribution is 2.38. The Bertz CT molecular complexity index is 739. The summed E-state index contributed by atoms with van der Waals surface area (Å²) < 4.78 is 13.3. The SMILES string of the molecule is CC(C)(C)CC(C)(C)C(C[N+](C)(C)Cc1ccccc1)OCCOc1ccccc1.[Cl-]. The number of hydrogen-bond acceptors (Lipinski definition) is 2. The Balaban J connectivity index is 0.00000480. The van der Waals surface area contributed by atoms with Crippen LogP contribution in [0.5, 0.6) is 5.75 Å². The first-order valence-electron chi connectivity index (χ1n) is 11.1. The molecule has 0 spiro atoms. The second-order valence-corrected chi connectivity index (χ2v) is 11.0. The summed E-state index contributed by atoms with van der Waals surface area (Å²) in [5.41, 5.74) is 1.68. The average Bonchev–Trinajstić information content (AvgIpc) is 2.63. The second-order valence-electron chi connectivity index (χ2n) is 11.0. The Morgan fingerprint density at radius 3 is 1.90 bits per heavy atom. The summed E-state index contributed by atoms with van der Waals surface area (Å²) in [4.78, 5) is 0. The summed E-state index contributed by atoms with van der Waals surface area (Å²) >= 11 is 0. The molecule has 0 aliphatic rings. The van der Waals surface area contributed by atoms with E-state index in [9.17, 15) is 0 Å². The topological polar surface area (TPSA) is 18.5 Å². The summed E-state index contributed by atoms with van der Waals surface area (Å²) in [7, 11) is 4.61. The zero-order chi connectivity index (χ0) is 22.3. The fourth-order valence-corrected chi connectivity index (χ4v) is 4.46. The summed E-state index contributed by atoms with van der Waals surface area (Å²) in [6, 6.07) is 20.7. The van der Waals surface area contributed by atoms with Gasteiger partial charge in [-0.05, 0) is 29.4 Å². The third-order valence-electron chi connectivity index (χ3n) is 5.39. The van der Waals surface area contributed by atoms with E-state index in [1.54, 1.807) is 0 Å². The molecule has 0 aliphatic heterocycles. The molecule has 0 aromatic heterocycles.